The van der Waals surface area contributed by atoms with Crippen LogP contribution in [0.5, 0.6) is 23.0 Å². The molecule has 4 nitrogen and oxygen atoms in total. The Balaban J connectivity index is 1.23. The monoisotopic (exact) mass is 744 g/mol. The number of benzene rings is 8. The smallest absolute Gasteiger partial charge is 0.260 e. The zero-order valence-electron chi connectivity index (χ0n) is 32.7. The third-order valence-electron chi connectivity index (χ3n) is 13.3. The highest BCUT2D eigenvalue weighted by atomic mass is 16.5. The van der Waals surface area contributed by atoms with Crippen LogP contribution in [0.2, 0.25) is 0 Å². The van der Waals surface area contributed by atoms with Gasteiger partial charge in [-0.15, -0.1) is 0 Å². The molecule has 2 aromatic heterocycles. The minimum absolute atomic E-state index is 0.00373. The van der Waals surface area contributed by atoms with Crippen LogP contribution >= 0.6 is 0 Å². The fraction of sp³-hybridized carbons (Fsp3) is 0.0943. The van der Waals surface area contributed by atoms with Gasteiger partial charge in [-0.2, -0.15) is 0 Å². The van der Waals surface area contributed by atoms with Gasteiger partial charge in [-0.3, -0.25) is 0 Å². The van der Waals surface area contributed by atoms with E-state index < -0.39 is 0 Å². The van der Waals surface area contributed by atoms with Gasteiger partial charge < -0.3 is 18.6 Å². The Kier molecular flexibility index (Phi) is 6.16. The maximum absolute atomic E-state index is 6.98. The summed E-state index contributed by atoms with van der Waals surface area (Å²) in [5.74, 6) is 3.48. The molecule has 0 amide bonds. The van der Waals surface area contributed by atoms with Gasteiger partial charge in [0.15, 0.2) is 0 Å². The number of rotatable bonds is 2. The summed E-state index contributed by atoms with van der Waals surface area (Å²) in [6.07, 6.45) is 0. The molecule has 8 aromatic carbocycles. The van der Waals surface area contributed by atoms with Gasteiger partial charge in [-0.25, -0.2) is 0 Å². The third-order valence-corrected chi connectivity index (χ3v) is 13.3. The molecule has 2 aliphatic heterocycles. The molecule has 274 valence electrons. The molecule has 5 heteroatoms. The minimum atomic E-state index is -0.268. The molecule has 1 aliphatic carbocycles. The van der Waals surface area contributed by atoms with E-state index in [4.69, 9.17) is 9.47 Å². The van der Waals surface area contributed by atoms with E-state index in [1.807, 2.05) is 0 Å². The van der Waals surface area contributed by atoms with Crippen LogP contribution in [0.1, 0.15) is 36.1 Å². The van der Waals surface area contributed by atoms with E-state index in [-0.39, 0.29) is 12.1 Å². The molecule has 58 heavy (non-hydrogen) atoms. The Bertz CT molecular complexity index is 3390. The van der Waals surface area contributed by atoms with Gasteiger partial charge in [0, 0.05) is 55.8 Å². The van der Waals surface area contributed by atoms with Crippen molar-refractivity contribution in [2.75, 3.05) is 0 Å². The van der Waals surface area contributed by atoms with Crippen LogP contribution < -0.4 is 25.9 Å². The van der Waals surface area contributed by atoms with E-state index >= 15 is 0 Å². The first kappa shape index (κ1) is 32.1. The van der Waals surface area contributed by atoms with Crippen molar-refractivity contribution in [1.29, 1.82) is 0 Å². The number of hydrogen-bond acceptors (Lipinski definition) is 2. The molecule has 0 spiro atoms. The topological polar surface area (TPSA) is 28.3 Å². The van der Waals surface area contributed by atoms with Crippen molar-refractivity contribution in [3.05, 3.63) is 174 Å². The van der Waals surface area contributed by atoms with Crippen LogP contribution in [-0.2, 0) is 5.41 Å². The lowest BCUT2D eigenvalue weighted by atomic mass is 9.35. The van der Waals surface area contributed by atoms with Gasteiger partial charge >= 0.3 is 0 Å². The van der Waals surface area contributed by atoms with Crippen molar-refractivity contribution in [2.24, 2.45) is 0 Å². The molecule has 13 rings (SSSR count). The maximum atomic E-state index is 6.98. The molecule has 0 N–H and O–H groups in total. The predicted molar refractivity (Wildman–Crippen MR) is 240 cm³/mol. The minimum Gasteiger partial charge on any atom is -0.458 e. The average molecular weight is 745 g/mol. The Morgan fingerprint density at radius 2 is 1.05 bits per heavy atom. The first-order valence-corrected chi connectivity index (χ1v) is 20.3. The molecule has 0 saturated heterocycles. The molecular weight excluding hydrogens is 707 g/mol. The molecule has 0 saturated carbocycles. The molecule has 0 radical (unpaired) electrons. The summed E-state index contributed by atoms with van der Waals surface area (Å²) >= 11 is 0. The number of nitrogens with zero attached hydrogens (tertiary/aromatic N) is 2. The van der Waals surface area contributed by atoms with Crippen LogP contribution in [0.3, 0.4) is 0 Å². The van der Waals surface area contributed by atoms with Crippen LogP contribution in [-0.4, -0.2) is 15.8 Å². The second-order valence-corrected chi connectivity index (χ2v) is 17.0. The van der Waals surface area contributed by atoms with Crippen molar-refractivity contribution in [1.82, 2.24) is 9.13 Å². The molecule has 3 aliphatic rings. The molecule has 0 fully saturated rings. The zero-order chi connectivity index (χ0) is 38.6. The second-order valence-electron chi connectivity index (χ2n) is 17.0. The van der Waals surface area contributed by atoms with Gasteiger partial charge in [0.25, 0.3) is 6.71 Å². The fourth-order valence-corrected chi connectivity index (χ4v) is 10.9. The lowest BCUT2D eigenvalue weighted by Gasteiger charge is -2.33. The Morgan fingerprint density at radius 1 is 0.500 bits per heavy atom. The van der Waals surface area contributed by atoms with E-state index in [0.29, 0.717) is 0 Å². The Hall–Kier alpha value is -6.98. The van der Waals surface area contributed by atoms with E-state index in [1.54, 1.807) is 0 Å². The van der Waals surface area contributed by atoms with Gasteiger partial charge in [0.2, 0.25) is 0 Å². The zero-order valence-corrected chi connectivity index (χ0v) is 32.7. The van der Waals surface area contributed by atoms with Crippen molar-refractivity contribution < 1.29 is 9.47 Å². The Morgan fingerprint density at radius 3 is 1.71 bits per heavy atom. The standard InChI is InChI=1S/C53H37BN2O2/c1-30-22-24-38-42(26-30)57-44-28-33(29-45-50(44)54(38)39-25-23-31(2)27-43(39)58-45)56-40-20-12-9-17-35(40)47-49-46(34-16-8-11-19-37(34)53(49,3)4)51-48(52(47)56)36-18-10-13-21-41(36)55(51)32-14-6-5-7-15-32/h5-29H,1-4H3. The highest BCUT2D eigenvalue weighted by Gasteiger charge is 2.43. The van der Waals surface area contributed by atoms with Crippen LogP contribution in [0.4, 0.5) is 0 Å². The highest BCUT2D eigenvalue weighted by molar-refractivity contribution is 6.98. The summed E-state index contributed by atoms with van der Waals surface area (Å²) in [6, 6.07) is 55.6. The highest BCUT2D eigenvalue weighted by Crippen LogP contribution is 2.58. The van der Waals surface area contributed by atoms with Crippen molar-refractivity contribution in [2.45, 2.75) is 33.1 Å². The van der Waals surface area contributed by atoms with Gasteiger partial charge in [0.05, 0.1) is 27.8 Å². The first-order chi connectivity index (χ1) is 28.4. The normalized spacial score (nSPS) is 14.2. The van der Waals surface area contributed by atoms with E-state index in [2.05, 4.69) is 188 Å². The number of fused-ring (bicyclic) bond motifs is 16. The summed E-state index contributed by atoms with van der Waals surface area (Å²) in [7, 11) is 0. The van der Waals surface area contributed by atoms with Gasteiger partial charge in [0.1, 0.15) is 23.0 Å². The van der Waals surface area contributed by atoms with E-state index in [1.165, 1.54) is 82.4 Å². The number of hydrogen-bond donors (Lipinski definition) is 0. The lowest BCUT2D eigenvalue weighted by Crippen LogP contribution is -2.57. The van der Waals surface area contributed by atoms with Crippen LogP contribution in [0.15, 0.2) is 152 Å². The molecular formula is C53H37BN2O2. The molecule has 0 bridgehead atoms. The largest absolute Gasteiger partial charge is 0.458 e. The van der Waals surface area contributed by atoms with E-state index in [0.717, 1.165) is 45.4 Å². The number of aromatic nitrogens is 2. The van der Waals surface area contributed by atoms with Gasteiger partial charge in [-0.05, 0) is 89.0 Å². The number of para-hydroxylation sites is 3. The summed E-state index contributed by atoms with van der Waals surface area (Å²) in [4.78, 5) is 0. The average Bonchev–Trinajstić information content (AvgIpc) is 3.84. The lowest BCUT2D eigenvalue weighted by molar-refractivity contribution is 0.464. The molecule has 4 heterocycles. The Labute approximate surface area is 336 Å². The molecule has 10 aromatic rings. The van der Waals surface area contributed by atoms with E-state index in [9.17, 15) is 0 Å². The summed E-state index contributed by atoms with van der Waals surface area (Å²) in [6.45, 7) is 9.10. The summed E-state index contributed by atoms with van der Waals surface area (Å²) < 4.78 is 19.0. The summed E-state index contributed by atoms with van der Waals surface area (Å²) in [5, 5.41) is 5.00. The predicted octanol–water partition coefficient (Wildman–Crippen LogP) is 11.5. The van der Waals surface area contributed by atoms with Crippen molar-refractivity contribution in [3.8, 4) is 45.5 Å². The second kappa shape index (κ2) is 11.1. The van der Waals surface area contributed by atoms with Gasteiger partial charge in [-0.1, -0.05) is 117 Å². The van der Waals surface area contributed by atoms with Crippen LogP contribution in [0, 0.1) is 13.8 Å². The number of ether oxygens (including phenoxy) is 2. The maximum Gasteiger partial charge on any atom is 0.260 e. The first-order valence-electron chi connectivity index (χ1n) is 20.3. The fourth-order valence-electron chi connectivity index (χ4n) is 10.9. The quantitative estimate of drug-likeness (QED) is 0.165. The number of aryl methyl sites for hydroxylation is 2. The summed E-state index contributed by atoms with van der Waals surface area (Å²) in [5.41, 5.74) is 17.8. The third kappa shape index (κ3) is 4.01. The van der Waals surface area contributed by atoms with Crippen LogP contribution in [0.25, 0.3) is 66.1 Å². The SMILES string of the molecule is Cc1ccc2c(c1)Oc1cc(-n3c4ccccc4c4c5c(c6c(c7ccccc7n6-c6ccccc6)c43)-c3ccccc3C5(C)C)cc3c1B2c1ccc(C)cc1O3. The molecule has 0 unspecified atom stereocenters. The molecule has 0 atom stereocenters. The van der Waals surface area contributed by atoms with Crippen molar-refractivity contribution >= 4 is 66.7 Å². The van der Waals surface area contributed by atoms with Crippen molar-refractivity contribution in [3.63, 3.8) is 0 Å².